The van der Waals surface area contributed by atoms with Gasteiger partial charge in [-0.1, -0.05) is 6.07 Å². The van der Waals surface area contributed by atoms with Crippen LogP contribution in [0.4, 0.5) is 11.6 Å². The van der Waals surface area contributed by atoms with Crippen molar-refractivity contribution in [1.82, 2.24) is 9.97 Å². The number of anilines is 2. The zero-order chi connectivity index (χ0) is 15.5. The number of aryl methyl sites for hydroxylation is 1. The molecule has 0 aliphatic heterocycles. The van der Waals surface area contributed by atoms with Gasteiger partial charge in [0.2, 0.25) is 0 Å². The van der Waals surface area contributed by atoms with Gasteiger partial charge >= 0.3 is 0 Å². The molecule has 1 N–H and O–H groups in total. The van der Waals surface area contributed by atoms with Gasteiger partial charge in [0.15, 0.2) is 5.78 Å². The van der Waals surface area contributed by atoms with E-state index in [1.807, 2.05) is 49.4 Å². The molecular formula is C17H15N3OS. The van der Waals surface area contributed by atoms with E-state index in [1.54, 1.807) is 13.1 Å². The predicted octanol–water partition coefficient (Wildman–Crippen LogP) is 4.46. The van der Waals surface area contributed by atoms with Gasteiger partial charge in [-0.3, -0.25) is 4.79 Å². The van der Waals surface area contributed by atoms with Gasteiger partial charge in [0, 0.05) is 6.20 Å². The van der Waals surface area contributed by atoms with Crippen molar-refractivity contribution < 1.29 is 4.79 Å². The summed E-state index contributed by atoms with van der Waals surface area (Å²) in [5, 5.41) is 3.20. The van der Waals surface area contributed by atoms with Gasteiger partial charge in [0.1, 0.15) is 11.6 Å². The highest BCUT2D eigenvalue weighted by molar-refractivity contribution is 7.17. The quantitative estimate of drug-likeness (QED) is 0.723. The van der Waals surface area contributed by atoms with Gasteiger partial charge in [-0.2, -0.15) is 0 Å². The monoisotopic (exact) mass is 309 g/mol. The molecule has 3 aromatic rings. The largest absolute Gasteiger partial charge is 0.325 e. The molecule has 0 aliphatic carbocycles. The lowest BCUT2D eigenvalue weighted by Crippen LogP contribution is -1.96. The molecule has 110 valence electrons. The van der Waals surface area contributed by atoms with Crippen LogP contribution in [-0.4, -0.2) is 15.8 Å². The van der Waals surface area contributed by atoms with Crippen LogP contribution in [-0.2, 0) is 0 Å². The lowest BCUT2D eigenvalue weighted by Gasteiger charge is -2.06. The molecular weight excluding hydrogens is 294 g/mol. The summed E-state index contributed by atoms with van der Waals surface area (Å²) in [4.78, 5) is 22.0. The Morgan fingerprint density at radius 3 is 2.73 bits per heavy atom. The molecule has 0 saturated carbocycles. The van der Waals surface area contributed by atoms with E-state index in [0.29, 0.717) is 0 Å². The molecule has 3 aromatic heterocycles. The molecule has 0 radical (unpaired) electrons. The Morgan fingerprint density at radius 1 is 1.14 bits per heavy atom. The molecule has 4 nitrogen and oxygen atoms in total. The second-order valence-corrected chi connectivity index (χ2v) is 6.06. The second kappa shape index (κ2) is 6.07. The molecule has 0 aromatic carbocycles. The number of ketones is 1. The first-order chi connectivity index (χ1) is 10.6. The van der Waals surface area contributed by atoms with Gasteiger partial charge in [-0.05, 0) is 55.8 Å². The van der Waals surface area contributed by atoms with Gasteiger partial charge < -0.3 is 5.32 Å². The van der Waals surface area contributed by atoms with E-state index in [0.717, 1.165) is 32.6 Å². The van der Waals surface area contributed by atoms with E-state index in [1.165, 1.54) is 11.3 Å². The number of aromatic nitrogens is 2. The number of pyridine rings is 2. The third kappa shape index (κ3) is 3.20. The molecule has 3 heterocycles. The summed E-state index contributed by atoms with van der Waals surface area (Å²) in [6.07, 6.45) is 1.76. The van der Waals surface area contributed by atoms with Crippen molar-refractivity contribution >= 4 is 28.8 Å². The minimum Gasteiger partial charge on any atom is -0.325 e. The molecule has 0 bridgehead atoms. The van der Waals surface area contributed by atoms with Crippen molar-refractivity contribution in [1.29, 1.82) is 0 Å². The van der Waals surface area contributed by atoms with Crippen LogP contribution in [0.5, 0.6) is 0 Å². The Balaban J connectivity index is 1.87. The van der Waals surface area contributed by atoms with Gasteiger partial charge in [-0.25, -0.2) is 9.97 Å². The van der Waals surface area contributed by atoms with Crippen molar-refractivity contribution in [2.45, 2.75) is 13.8 Å². The first kappa shape index (κ1) is 14.4. The summed E-state index contributed by atoms with van der Waals surface area (Å²) in [7, 11) is 0. The SMILES string of the molecule is CC(=O)c1ccc(-c2cccc(Nc3cc(C)ccn3)n2)s1. The number of thiophene rings is 1. The van der Waals surface area contributed by atoms with Crippen LogP contribution in [0.15, 0.2) is 48.7 Å². The minimum absolute atomic E-state index is 0.0782. The molecule has 0 atom stereocenters. The molecule has 0 amide bonds. The molecule has 0 spiro atoms. The van der Waals surface area contributed by atoms with E-state index >= 15 is 0 Å². The predicted molar refractivity (Wildman–Crippen MR) is 89.8 cm³/mol. The number of carbonyl (C=O) groups excluding carboxylic acids is 1. The number of hydrogen-bond acceptors (Lipinski definition) is 5. The number of carbonyl (C=O) groups is 1. The summed E-state index contributed by atoms with van der Waals surface area (Å²) in [6, 6.07) is 13.5. The van der Waals surface area contributed by atoms with E-state index in [4.69, 9.17) is 0 Å². The third-order valence-electron chi connectivity index (χ3n) is 3.13. The molecule has 22 heavy (non-hydrogen) atoms. The van der Waals surface area contributed by atoms with E-state index in [9.17, 15) is 4.79 Å². The highest BCUT2D eigenvalue weighted by Gasteiger charge is 2.08. The zero-order valence-corrected chi connectivity index (χ0v) is 13.1. The summed E-state index contributed by atoms with van der Waals surface area (Å²) in [5.74, 6) is 1.57. The standard InChI is InChI=1S/C17H15N3OS/c1-11-8-9-18-17(10-11)20-16-5-3-4-13(19-16)15-7-6-14(22-15)12(2)21/h3-10H,1-2H3,(H,18,19,20). The Labute approximate surface area is 132 Å². The van der Waals surface area contributed by atoms with Crippen molar-refractivity contribution in [3.05, 3.63) is 59.1 Å². The Kier molecular flexibility index (Phi) is 3.98. The Morgan fingerprint density at radius 2 is 2.00 bits per heavy atom. The normalized spacial score (nSPS) is 10.5. The third-order valence-corrected chi connectivity index (χ3v) is 4.33. The van der Waals surface area contributed by atoms with Crippen molar-refractivity contribution in [3.63, 3.8) is 0 Å². The average Bonchev–Trinajstić information content (AvgIpc) is 2.97. The van der Waals surface area contributed by atoms with Crippen LogP contribution in [0.25, 0.3) is 10.6 Å². The molecule has 3 rings (SSSR count). The number of rotatable bonds is 4. The fourth-order valence-corrected chi connectivity index (χ4v) is 2.91. The van der Waals surface area contributed by atoms with Crippen LogP contribution < -0.4 is 5.32 Å². The van der Waals surface area contributed by atoms with Crippen molar-refractivity contribution in [2.24, 2.45) is 0 Å². The van der Waals surface area contributed by atoms with Crippen LogP contribution >= 0.6 is 11.3 Å². The highest BCUT2D eigenvalue weighted by Crippen LogP contribution is 2.28. The van der Waals surface area contributed by atoms with Gasteiger partial charge in [-0.15, -0.1) is 11.3 Å². The van der Waals surface area contributed by atoms with E-state index in [-0.39, 0.29) is 5.78 Å². The second-order valence-electron chi connectivity index (χ2n) is 4.97. The summed E-state index contributed by atoms with van der Waals surface area (Å²) >= 11 is 1.46. The summed E-state index contributed by atoms with van der Waals surface area (Å²) < 4.78 is 0. The summed E-state index contributed by atoms with van der Waals surface area (Å²) in [5.41, 5.74) is 1.98. The number of nitrogens with zero attached hydrogens (tertiary/aromatic N) is 2. The van der Waals surface area contributed by atoms with Crippen LogP contribution in [0.3, 0.4) is 0 Å². The lowest BCUT2D eigenvalue weighted by atomic mass is 10.3. The first-order valence-corrected chi connectivity index (χ1v) is 7.71. The number of Topliss-reactive ketones (excluding diaryl/α,β-unsaturated/α-hetero) is 1. The Bertz CT molecular complexity index is 826. The smallest absolute Gasteiger partial charge is 0.169 e. The maximum atomic E-state index is 11.4. The van der Waals surface area contributed by atoms with Crippen molar-refractivity contribution in [2.75, 3.05) is 5.32 Å². The topological polar surface area (TPSA) is 54.9 Å². The first-order valence-electron chi connectivity index (χ1n) is 6.90. The molecule has 0 aliphatic rings. The molecule has 0 unspecified atom stereocenters. The maximum absolute atomic E-state index is 11.4. The lowest BCUT2D eigenvalue weighted by molar-refractivity contribution is 0.102. The maximum Gasteiger partial charge on any atom is 0.169 e. The summed E-state index contributed by atoms with van der Waals surface area (Å²) in [6.45, 7) is 3.59. The minimum atomic E-state index is 0.0782. The van der Waals surface area contributed by atoms with E-state index in [2.05, 4.69) is 15.3 Å². The average molecular weight is 309 g/mol. The van der Waals surface area contributed by atoms with Crippen LogP contribution in [0.2, 0.25) is 0 Å². The van der Waals surface area contributed by atoms with Crippen LogP contribution in [0, 0.1) is 6.92 Å². The number of nitrogens with one attached hydrogen (secondary N) is 1. The van der Waals surface area contributed by atoms with Gasteiger partial charge in [0.25, 0.3) is 0 Å². The van der Waals surface area contributed by atoms with Crippen LogP contribution in [0.1, 0.15) is 22.2 Å². The molecule has 0 fully saturated rings. The molecule has 5 heteroatoms. The fraction of sp³-hybridized carbons (Fsp3) is 0.118. The highest BCUT2D eigenvalue weighted by atomic mass is 32.1. The fourth-order valence-electron chi connectivity index (χ4n) is 2.04. The zero-order valence-electron chi connectivity index (χ0n) is 12.3. The number of hydrogen-bond donors (Lipinski definition) is 1. The van der Waals surface area contributed by atoms with Crippen molar-refractivity contribution in [3.8, 4) is 10.6 Å². The van der Waals surface area contributed by atoms with E-state index < -0.39 is 0 Å². The Hall–Kier alpha value is -2.53. The molecule has 0 saturated heterocycles. The van der Waals surface area contributed by atoms with Gasteiger partial charge in [0.05, 0.1) is 15.4 Å².